The molecule has 1 heterocycles. The molecule has 0 fully saturated rings. The first kappa shape index (κ1) is 33.7. The summed E-state index contributed by atoms with van der Waals surface area (Å²) in [4.78, 5) is 31.5. The number of carbonyl (C=O) groups is 1. The van der Waals surface area contributed by atoms with E-state index < -0.39 is 0 Å². The Morgan fingerprint density at radius 1 is 0.938 bits per heavy atom. The molecule has 0 unspecified atom stereocenters. The van der Waals surface area contributed by atoms with Gasteiger partial charge >= 0.3 is 0 Å². The molecule has 4 aromatic carbocycles. The first-order valence-electron chi connectivity index (χ1n) is 15.7. The van der Waals surface area contributed by atoms with Gasteiger partial charge in [-0.15, -0.1) is 0 Å². The van der Waals surface area contributed by atoms with E-state index in [1.807, 2.05) is 69.3 Å². The van der Waals surface area contributed by atoms with Crippen molar-refractivity contribution >= 4 is 28.7 Å². The van der Waals surface area contributed by atoms with Gasteiger partial charge in [-0.3, -0.25) is 9.59 Å². The molecule has 0 atom stereocenters. The number of anilines is 1. The molecule has 0 bridgehead atoms. The van der Waals surface area contributed by atoms with Gasteiger partial charge in [0.15, 0.2) is 23.9 Å². The SMILES string of the molecule is CCOc1cc(C)c(-c2nc3ccccc3c(=O)n2N=Cc2cc(OC)c(OCC(=O)Nc3ccc(C)cc3)c(OC)c2)cc1C(C)C. The zero-order chi connectivity index (χ0) is 34.4. The molecule has 5 rings (SSSR count). The summed E-state index contributed by atoms with van der Waals surface area (Å²) < 4.78 is 24.3. The number of benzene rings is 4. The van der Waals surface area contributed by atoms with Crippen molar-refractivity contribution in [3.05, 3.63) is 105 Å². The van der Waals surface area contributed by atoms with Gasteiger partial charge in [-0.1, -0.05) is 43.7 Å². The molecule has 0 aliphatic rings. The second-order valence-corrected chi connectivity index (χ2v) is 11.6. The summed E-state index contributed by atoms with van der Waals surface area (Å²) in [5, 5.41) is 7.90. The lowest BCUT2D eigenvalue weighted by molar-refractivity contribution is -0.118. The average molecular weight is 649 g/mol. The van der Waals surface area contributed by atoms with Gasteiger partial charge in [-0.25, -0.2) is 4.98 Å². The summed E-state index contributed by atoms with van der Waals surface area (Å²) in [7, 11) is 2.98. The van der Waals surface area contributed by atoms with Crippen LogP contribution in [0.25, 0.3) is 22.3 Å². The number of ether oxygens (including phenoxy) is 4. The minimum atomic E-state index is -0.338. The van der Waals surface area contributed by atoms with E-state index in [1.54, 1.807) is 24.3 Å². The fourth-order valence-corrected chi connectivity index (χ4v) is 5.29. The largest absolute Gasteiger partial charge is 0.494 e. The molecule has 0 saturated heterocycles. The summed E-state index contributed by atoms with van der Waals surface area (Å²) in [6.07, 6.45) is 1.54. The molecule has 10 heteroatoms. The highest BCUT2D eigenvalue weighted by atomic mass is 16.5. The third kappa shape index (κ3) is 7.33. The number of aryl methyl sites for hydroxylation is 2. The zero-order valence-electron chi connectivity index (χ0n) is 28.3. The van der Waals surface area contributed by atoms with Crippen molar-refractivity contribution in [2.24, 2.45) is 5.10 Å². The number of fused-ring (bicyclic) bond motifs is 1. The number of hydrogen-bond donors (Lipinski definition) is 1. The van der Waals surface area contributed by atoms with Crippen LogP contribution in [-0.2, 0) is 4.79 Å². The lowest BCUT2D eigenvalue weighted by Gasteiger charge is -2.18. The third-order valence-electron chi connectivity index (χ3n) is 7.76. The smallest absolute Gasteiger partial charge is 0.282 e. The summed E-state index contributed by atoms with van der Waals surface area (Å²) >= 11 is 0. The zero-order valence-corrected chi connectivity index (χ0v) is 28.3. The van der Waals surface area contributed by atoms with Gasteiger partial charge in [0, 0.05) is 16.8 Å². The Hall–Kier alpha value is -5.64. The van der Waals surface area contributed by atoms with Crippen LogP contribution in [0.15, 0.2) is 82.7 Å². The first-order chi connectivity index (χ1) is 23.1. The predicted molar refractivity (Wildman–Crippen MR) is 189 cm³/mol. The van der Waals surface area contributed by atoms with E-state index >= 15 is 0 Å². The van der Waals surface area contributed by atoms with Gasteiger partial charge in [-0.2, -0.15) is 9.78 Å². The molecule has 1 aromatic heterocycles. The number of carbonyl (C=O) groups excluding carboxylic acids is 1. The van der Waals surface area contributed by atoms with Gasteiger partial charge in [-0.05, 0) is 86.3 Å². The maximum absolute atomic E-state index is 13.9. The molecular formula is C38H40N4O6. The van der Waals surface area contributed by atoms with Crippen molar-refractivity contribution < 1.29 is 23.7 Å². The number of rotatable bonds is 12. The molecule has 248 valence electrons. The number of hydrogen-bond acceptors (Lipinski definition) is 8. The van der Waals surface area contributed by atoms with Crippen LogP contribution >= 0.6 is 0 Å². The maximum Gasteiger partial charge on any atom is 0.282 e. The standard InChI is InChI=1S/C38H40N4O6/c1-8-47-32-17-25(5)30(20-29(32)23(2)3)37-41-31-12-10-9-11-28(31)38(44)42(37)39-21-26-18-33(45-6)36(34(19-26)46-7)48-22-35(43)40-27-15-13-24(4)14-16-27/h9-21,23H,8,22H2,1-7H3,(H,40,43). The van der Waals surface area contributed by atoms with Crippen LogP contribution in [0, 0.1) is 13.8 Å². The Morgan fingerprint density at radius 2 is 1.62 bits per heavy atom. The molecule has 0 aliphatic carbocycles. The van der Waals surface area contributed by atoms with Crippen molar-refractivity contribution in [2.75, 3.05) is 32.8 Å². The topological polar surface area (TPSA) is 113 Å². The van der Waals surface area contributed by atoms with Crippen molar-refractivity contribution in [1.82, 2.24) is 9.66 Å². The third-order valence-corrected chi connectivity index (χ3v) is 7.76. The average Bonchev–Trinajstić information content (AvgIpc) is 3.07. The van der Waals surface area contributed by atoms with Gasteiger partial charge in [0.1, 0.15) is 5.75 Å². The minimum Gasteiger partial charge on any atom is -0.494 e. The van der Waals surface area contributed by atoms with E-state index in [4.69, 9.17) is 23.9 Å². The first-order valence-corrected chi connectivity index (χ1v) is 15.7. The van der Waals surface area contributed by atoms with E-state index in [9.17, 15) is 9.59 Å². The van der Waals surface area contributed by atoms with Crippen molar-refractivity contribution in [2.45, 2.75) is 40.5 Å². The molecule has 0 saturated carbocycles. The van der Waals surface area contributed by atoms with E-state index in [0.29, 0.717) is 46.1 Å². The Labute approximate surface area is 280 Å². The van der Waals surface area contributed by atoms with E-state index in [-0.39, 0.29) is 29.7 Å². The summed E-state index contributed by atoms with van der Waals surface area (Å²) in [5.74, 6) is 1.95. The molecule has 0 spiro atoms. The Morgan fingerprint density at radius 3 is 2.27 bits per heavy atom. The highest BCUT2D eigenvalue weighted by Crippen LogP contribution is 2.38. The molecule has 48 heavy (non-hydrogen) atoms. The predicted octanol–water partition coefficient (Wildman–Crippen LogP) is 7.12. The van der Waals surface area contributed by atoms with Crippen LogP contribution in [-0.4, -0.2) is 49.2 Å². The molecular weight excluding hydrogens is 608 g/mol. The summed E-state index contributed by atoms with van der Waals surface area (Å²) in [6, 6.07) is 22.1. The number of para-hydroxylation sites is 1. The molecule has 1 N–H and O–H groups in total. The van der Waals surface area contributed by atoms with E-state index in [1.165, 1.54) is 25.1 Å². The molecule has 0 aliphatic heterocycles. The summed E-state index contributed by atoms with van der Waals surface area (Å²) in [6.45, 7) is 10.4. The van der Waals surface area contributed by atoms with Gasteiger partial charge in [0.05, 0.1) is 37.9 Å². The monoisotopic (exact) mass is 648 g/mol. The van der Waals surface area contributed by atoms with Crippen molar-refractivity contribution in [3.63, 3.8) is 0 Å². The Kier molecular flexibility index (Phi) is 10.4. The maximum atomic E-state index is 13.9. The quantitative estimate of drug-likeness (QED) is 0.143. The van der Waals surface area contributed by atoms with Crippen LogP contribution in [0.3, 0.4) is 0 Å². The fourth-order valence-electron chi connectivity index (χ4n) is 5.29. The highest BCUT2D eigenvalue weighted by molar-refractivity contribution is 5.92. The van der Waals surface area contributed by atoms with Crippen molar-refractivity contribution in [3.8, 4) is 34.4 Å². The lowest BCUT2D eigenvalue weighted by Crippen LogP contribution is -2.21. The molecule has 10 nitrogen and oxygen atoms in total. The van der Waals surface area contributed by atoms with E-state index in [2.05, 4.69) is 24.3 Å². The molecule has 1 amide bonds. The fraction of sp³-hybridized carbons (Fsp3) is 0.263. The number of aromatic nitrogens is 2. The van der Waals surface area contributed by atoms with Crippen LogP contribution in [0.4, 0.5) is 5.69 Å². The van der Waals surface area contributed by atoms with Crippen molar-refractivity contribution in [1.29, 1.82) is 0 Å². The van der Waals surface area contributed by atoms with E-state index in [0.717, 1.165) is 28.0 Å². The van der Waals surface area contributed by atoms with Crippen LogP contribution < -0.4 is 29.8 Å². The lowest BCUT2D eigenvalue weighted by atomic mass is 9.96. The van der Waals surface area contributed by atoms with Crippen LogP contribution in [0.2, 0.25) is 0 Å². The second kappa shape index (κ2) is 14.8. The molecule has 0 radical (unpaired) electrons. The number of amides is 1. The summed E-state index contributed by atoms with van der Waals surface area (Å²) in [5.41, 5.74) is 5.25. The van der Waals surface area contributed by atoms with Crippen LogP contribution in [0.1, 0.15) is 48.9 Å². The van der Waals surface area contributed by atoms with Gasteiger partial charge in [0.2, 0.25) is 5.75 Å². The normalized spacial score (nSPS) is 11.2. The Bertz CT molecular complexity index is 2010. The Balaban J connectivity index is 1.53. The van der Waals surface area contributed by atoms with Gasteiger partial charge < -0.3 is 24.3 Å². The molecule has 5 aromatic rings. The minimum absolute atomic E-state index is 0.171. The van der Waals surface area contributed by atoms with Gasteiger partial charge in [0.25, 0.3) is 11.5 Å². The number of nitrogens with one attached hydrogen (secondary N) is 1. The second-order valence-electron chi connectivity index (χ2n) is 11.6. The van der Waals surface area contributed by atoms with Crippen LogP contribution in [0.5, 0.6) is 23.0 Å². The number of methoxy groups -OCH3 is 2. The number of nitrogens with zero attached hydrogens (tertiary/aromatic N) is 3. The highest BCUT2D eigenvalue weighted by Gasteiger charge is 2.20.